The van der Waals surface area contributed by atoms with Crippen molar-refractivity contribution in [2.45, 2.75) is 43.9 Å². The minimum Gasteiger partial charge on any atom is -0.382 e. The maximum Gasteiger partial charge on any atom is 0.239 e. The SMILES string of the molecule is COCC1(n2c(NS(=O)(=O)[C@@H](C)Cc3ncc(C)cn3)nnc2-c2ccccn2)CC1. The lowest BCUT2D eigenvalue weighted by molar-refractivity contribution is 0.145. The van der Waals surface area contributed by atoms with Crippen molar-refractivity contribution in [3.05, 3.63) is 48.2 Å². The van der Waals surface area contributed by atoms with Crippen LogP contribution >= 0.6 is 0 Å². The average molecular weight is 444 g/mol. The van der Waals surface area contributed by atoms with Crippen molar-refractivity contribution < 1.29 is 13.2 Å². The van der Waals surface area contributed by atoms with Gasteiger partial charge in [-0.1, -0.05) is 6.07 Å². The highest BCUT2D eigenvalue weighted by molar-refractivity contribution is 7.93. The molecule has 0 aromatic carbocycles. The molecule has 1 N–H and O–H groups in total. The summed E-state index contributed by atoms with van der Waals surface area (Å²) in [5.41, 5.74) is 1.14. The summed E-state index contributed by atoms with van der Waals surface area (Å²) in [5.74, 6) is 1.13. The fourth-order valence-corrected chi connectivity index (χ4v) is 4.38. The number of anilines is 1. The predicted octanol–water partition coefficient (Wildman–Crippen LogP) is 1.95. The number of methoxy groups -OCH3 is 1. The highest BCUT2D eigenvalue weighted by atomic mass is 32.2. The van der Waals surface area contributed by atoms with Gasteiger partial charge in [-0.25, -0.2) is 18.4 Å². The third kappa shape index (κ3) is 4.42. The van der Waals surface area contributed by atoms with Crippen molar-refractivity contribution in [2.75, 3.05) is 18.4 Å². The molecule has 3 heterocycles. The molecule has 1 saturated carbocycles. The maximum absolute atomic E-state index is 13.1. The fraction of sp³-hybridized carbons (Fsp3) is 0.450. The molecule has 3 aromatic rings. The Morgan fingerprint density at radius 3 is 2.55 bits per heavy atom. The van der Waals surface area contributed by atoms with Crippen LogP contribution < -0.4 is 4.72 Å². The first-order chi connectivity index (χ1) is 14.8. The number of pyridine rings is 1. The van der Waals surface area contributed by atoms with Crippen molar-refractivity contribution in [2.24, 2.45) is 0 Å². The fourth-order valence-electron chi connectivity index (χ4n) is 3.43. The van der Waals surface area contributed by atoms with Gasteiger partial charge in [0.05, 0.1) is 17.4 Å². The summed E-state index contributed by atoms with van der Waals surface area (Å²) in [6.07, 6.45) is 6.86. The highest BCUT2D eigenvalue weighted by Gasteiger charge is 2.48. The third-order valence-electron chi connectivity index (χ3n) is 5.34. The summed E-state index contributed by atoms with van der Waals surface area (Å²) in [6.45, 7) is 3.92. The van der Waals surface area contributed by atoms with Crippen molar-refractivity contribution in [3.8, 4) is 11.5 Å². The number of nitrogens with one attached hydrogen (secondary N) is 1. The van der Waals surface area contributed by atoms with E-state index in [2.05, 4.69) is 29.9 Å². The van der Waals surface area contributed by atoms with Crippen LogP contribution in [0, 0.1) is 6.92 Å². The number of rotatable bonds is 9. The van der Waals surface area contributed by atoms with Crippen LogP contribution in [0.15, 0.2) is 36.8 Å². The van der Waals surface area contributed by atoms with Gasteiger partial charge in [-0.05, 0) is 44.4 Å². The van der Waals surface area contributed by atoms with E-state index in [4.69, 9.17) is 4.74 Å². The van der Waals surface area contributed by atoms with E-state index < -0.39 is 20.8 Å². The molecule has 0 saturated heterocycles. The van der Waals surface area contributed by atoms with E-state index in [1.54, 1.807) is 32.6 Å². The van der Waals surface area contributed by atoms with Gasteiger partial charge in [0.1, 0.15) is 11.5 Å². The Kier molecular flexibility index (Phi) is 5.71. The van der Waals surface area contributed by atoms with Gasteiger partial charge in [0.15, 0.2) is 5.82 Å². The number of aryl methyl sites for hydroxylation is 1. The molecule has 0 aliphatic heterocycles. The first-order valence-corrected chi connectivity index (χ1v) is 11.5. The Hall–Kier alpha value is -2.92. The second-order valence-corrected chi connectivity index (χ2v) is 9.99. The van der Waals surface area contributed by atoms with E-state index in [0.29, 0.717) is 23.9 Å². The summed E-state index contributed by atoms with van der Waals surface area (Å²) in [4.78, 5) is 12.8. The van der Waals surface area contributed by atoms with E-state index in [0.717, 1.165) is 18.4 Å². The number of ether oxygens (including phenoxy) is 1. The topological polar surface area (TPSA) is 125 Å². The molecule has 0 spiro atoms. The Bertz CT molecular complexity index is 1140. The van der Waals surface area contributed by atoms with Crippen LogP contribution in [0.1, 0.15) is 31.2 Å². The summed E-state index contributed by atoms with van der Waals surface area (Å²) in [6, 6.07) is 5.48. The van der Waals surface area contributed by atoms with Crippen LogP contribution in [-0.2, 0) is 26.7 Å². The number of sulfonamides is 1. The van der Waals surface area contributed by atoms with E-state index in [1.807, 2.05) is 29.7 Å². The number of hydrogen-bond acceptors (Lipinski definition) is 8. The Labute approximate surface area is 181 Å². The van der Waals surface area contributed by atoms with E-state index in [9.17, 15) is 8.42 Å². The van der Waals surface area contributed by atoms with Crippen LogP contribution in [0.4, 0.5) is 5.95 Å². The molecule has 0 radical (unpaired) electrons. The van der Waals surface area contributed by atoms with Crippen LogP contribution in [0.25, 0.3) is 11.5 Å². The van der Waals surface area contributed by atoms with Crippen molar-refractivity contribution in [3.63, 3.8) is 0 Å². The molecule has 1 aliphatic carbocycles. The van der Waals surface area contributed by atoms with Gasteiger partial charge in [0, 0.05) is 32.1 Å². The van der Waals surface area contributed by atoms with Crippen LogP contribution in [0.3, 0.4) is 0 Å². The van der Waals surface area contributed by atoms with Gasteiger partial charge in [0.2, 0.25) is 16.0 Å². The second kappa shape index (κ2) is 8.31. The van der Waals surface area contributed by atoms with Gasteiger partial charge in [-0.15, -0.1) is 10.2 Å². The molecule has 164 valence electrons. The molecular weight excluding hydrogens is 418 g/mol. The molecule has 0 amide bonds. The largest absolute Gasteiger partial charge is 0.382 e. The number of nitrogens with zero attached hydrogens (tertiary/aromatic N) is 6. The predicted molar refractivity (Wildman–Crippen MR) is 115 cm³/mol. The summed E-state index contributed by atoms with van der Waals surface area (Å²) in [7, 11) is -2.15. The van der Waals surface area contributed by atoms with E-state index in [1.165, 1.54) is 0 Å². The quantitative estimate of drug-likeness (QED) is 0.532. The lowest BCUT2D eigenvalue weighted by atomic mass is 10.2. The molecule has 1 atom stereocenters. The van der Waals surface area contributed by atoms with E-state index >= 15 is 0 Å². The van der Waals surface area contributed by atoms with Gasteiger partial charge in [0.25, 0.3) is 0 Å². The van der Waals surface area contributed by atoms with Gasteiger partial charge in [-0.3, -0.25) is 14.3 Å². The zero-order valence-corrected chi connectivity index (χ0v) is 18.5. The molecule has 10 nitrogen and oxygen atoms in total. The monoisotopic (exact) mass is 443 g/mol. The highest BCUT2D eigenvalue weighted by Crippen LogP contribution is 2.47. The minimum absolute atomic E-state index is 0.159. The minimum atomic E-state index is -3.78. The van der Waals surface area contributed by atoms with Crippen molar-refractivity contribution in [1.82, 2.24) is 29.7 Å². The Balaban J connectivity index is 1.64. The summed E-state index contributed by atoms with van der Waals surface area (Å²) in [5, 5.41) is 7.65. The molecule has 1 aliphatic rings. The maximum atomic E-state index is 13.1. The number of aromatic nitrogens is 6. The third-order valence-corrected chi connectivity index (χ3v) is 7.03. The Morgan fingerprint density at radius 2 is 1.94 bits per heavy atom. The Morgan fingerprint density at radius 1 is 1.19 bits per heavy atom. The molecule has 0 bridgehead atoms. The first kappa shape index (κ1) is 21.3. The molecule has 1 fully saturated rings. The second-order valence-electron chi connectivity index (χ2n) is 7.89. The summed E-state index contributed by atoms with van der Waals surface area (Å²) < 4.78 is 36.0. The zero-order chi connectivity index (χ0) is 22.1. The molecule has 3 aromatic heterocycles. The standard InChI is InChI=1S/C20H25N7O3S/c1-14-11-22-17(23-12-14)10-15(2)31(28,29)26-19-25-24-18(16-6-4-5-9-21-16)27(19)20(7-8-20)13-30-3/h4-6,9,11-12,15H,7-8,10,13H2,1-3H3,(H,25,26)/t15-/m0/s1. The van der Waals surface area contributed by atoms with Crippen LogP contribution in [-0.4, -0.2) is 57.1 Å². The van der Waals surface area contributed by atoms with Gasteiger partial charge >= 0.3 is 0 Å². The lowest BCUT2D eigenvalue weighted by Crippen LogP contribution is -2.32. The normalized spacial score (nSPS) is 16.1. The van der Waals surface area contributed by atoms with Crippen molar-refractivity contribution >= 4 is 16.0 Å². The molecule has 11 heteroatoms. The van der Waals surface area contributed by atoms with Crippen molar-refractivity contribution in [1.29, 1.82) is 0 Å². The lowest BCUT2D eigenvalue weighted by Gasteiger charge is -2.21. The van der Waals surface area contributed by atoms with E-state index in [-0.39, 0.29) is 12.4 Å². The van der Waals surface area contributed by atoms with Crippen LogP contribution in [0.5, 0.6) is 0 Å². The van der Waals surface area contributed by atoms with Gasteiger partial charge in [-0.2, -0.15) is 0 Å². The molecule has 31 heavy (non-hydrogen) atoms. The molecular formula is C20H25N7O3S. The van der Waals surface area contributed by atoms with Gasteiger partial charge < -0.3 is 4.74 Å². The smallest absolute Gasteiger partial charge is 0.239 e. The molecule has 0 unspecified atom stereocenters. The average Bonchev–Trinajstić information content (AvgIpc) is 3.41. The number of hydrogen-bond donors (Lipinski definition) is 1. The zero-order valence-electron chi connectivity index (χ0n) is 17.7. The summed E-state index contributed by atoms with van der Waals surface area (Å²) >= 11 is 0. The molecule has 4 rings (SSSR count). The first-order valence-electron chi connectivity index (χ1n) is 10.00. The van der Waals surface area contributed by atoms with Crippen LogP contribution in [0.2, 0.25) is 0 Å².